The topological polar surface area (TPSA) is 41.8 Å². The molecule has 2 aromatic carbocycles. The summed E-state index contributed by atoms with van der Waals surface area (Å²) in [5.74, 6) is -0.221. The van der Waals surface area contributed by atoms with Crippen molar-refractivity contribution >= 4 is 10.9 Å². The molecule has 108 valence electrons. The lowest BCUT2D eigenvalue weighted by Crippen LogP contribution is -2.21. The Balaban J connectivity index is 2.16. The first-order valence-corrected chi connectivity index (χ1v) is 7.30. The third kappa shape index (κ3) is 2.69. The molecule has 3 N–H and O–H groups in total. The van der Waals surface area contributed by atoms with Gasteiger partial charge in [-0.25, -0.2) is 4.39 Å². The minimum absolute atomic E-state index is 0.128. The van der Waals surface area contributed by atoms with Gasteiger partial charge in [0, 0.05) is 22.6 Å². The van der Waals surface area contributed by atoms with E-state index in [0.29, 0.717) is 0 Å². The molecule has 3 rings (SSSR count). The largest absolute Gasteiger partial charge is 0.354 e. The van der Waals surface area contributed by atoms with Crippen molar-refractivity contribution in [3.05, 3.63) is 59.9 Å². The van der Waals surface area contributed by atoms with Crippen molar-refractivity contribution in [3.63, 3.8) is 0 Å². The van der Waals surface area contributed by atoms with Crippen LogP contribution in [0.1, 0.15) is 18.9 Å². The second-order valence-electron chi connectivity index (χ2n) is 5.40. The zero-order valence-electron chi connectivity index (χ0n) is 12.1. The number of hydrogen-bond donors (Lipinski definition) is 2. The van der Waals surface area contributed by atoms with Crippen LogP contribution >= 0.6 is 0 Å². The summed E-state index contributed by atoms with van der Waals surface area (Å²) < 4.78 is 13.1. The molecule has 0 aliphatic rings. The Kier molecular flexibility index (Phi) is 3.76. The first-order valence-electron chi connectivity index (χ1n) is 7.30. The van der Waals surface area contributed by atoms with Gasteiger partial charge in [0.1, 0.15) is 5.82 Å². The Hall–Kier alpha value is -2.13. The number of para-hydroxylation sites is 1. The van der Waals surface area contributed by atoms with Crippen molar-refractivity contribution in [2.45, 2.75) is 25.8 Å². The van der Waals surface area contributed by atoms with E-state index in [1.807, 2.05) is 12.1 Å². The van der Waals surface area contributed by atoms with Crippen LogP contribution in [0.15, 0.2) is 48.5 Å². The molecule has 0 aliphatic carbocycles. The van der Waals surface area contributed by atoms with Crippen LogP contribution in [0.5, 0.6) is 0 Å². The molecule has 0 bridgehead atoms. The Labute approximate surface area is 123 Å². The molecule has 0 spiro atoms. The number of aromatic amines is 1. The van der Waals surface area contributed by atoms with Crippen molar-refractivity contribution in [1.82, 2.24) is 4.98 Å². The zero-order chi connectivity index (χ0) is 14.8. The summed E-state index contributed by atoms with van der Waals surface area (Å²) in [6, 6.07) is 14.9. The van der Waals surface area contributed by atoms with Gasteiger partial charge in [-0.2, -0.15) is 0 Å². The number of aromatic nitrogens is 1. The molecule has 0 aliphatic heterocycles. The molecule has 0 amide bonds. The predicted octanol–water partition coefficient (Wildman–Crippen LogP) is 4.25. The van der Waals surface area contributed by atoms with E-state index in [4.69, 9.17) is 5.73 Å². The molecule has 0 saturated heterocycles. The number of hydrogen-bond acceptors (Lipinski definition) is 1. The lowest BCUT2D eigenvalue weighted by atomic mass is 9.98. The quantitative estimate of drug-likeness (QED) is 0.738. The second kappa shape index (κ2) is 5.70. The highest BCUT2D eigenvalue weighted by molar-refractivity contribution is 5.90. The van der Waals surface area contributed by atoms with E-state index >= 15 is 0 Å². The van der Waals surface area contributed by atoms with Crippen LogP contribution in [0.2, 0.25) is 0 Å². The summed E-state index contributed by atoms with van der Waals surface area (Å²) in [4.78, 5) is 3.45. The van der Waals surface area contributed by atoms with Crippen molar-refractivity contribution in [1.29, 1.82) is 0 Å². The third-order valence-electron chi connectivity index (χ3n) is 3.94. The van der Waals surface area contributed by atoms with Crippen LogP contribution in [0.4, 0.5) is 4.39 Å². The highest BCUT2D eigenvalue weighted by atomic mass is 19.1. The Bertz CT molecular complexity index is 744. The summed E-state index contributed by atoms with van der Waals surface area (Å²) >= 11 is 0. The summed E-state index contributed by atoms with van der Waals surface area (Å²) in [6.45, 7) is 2.09. The van der Waals surface area contributed by atoms with Gasteiger partial charge in [0.25, 0.3) is 0 Å². The molecule has 3 heteroatoms. The highest BCUT2D eigenvalue weighted by Crippen LogP contribution is 2.31. The molecule has 2 nitrogen and oxygen atoms in total. The molecule has 1 heterocycles. The number of halogens is 1. The van der Waals surface area contributed by atoms with Gasteiger partial charge in [-0.1, -0.05) is 25.1 Å². The molecule has 1 aromatic heterocycles. The molecule has 21 heavy (non-hydrogen) atoms. The number of nitrogens with two attached hydrogens (primary N) is 1. The van der Waals surface area contributed by atoms with Crippen molar-refractivity contribution < 1.29 is 4.39 Å². The molecular formula is C18H19FN2. The number of benzene rings is 2. The highest BCUT2D eigenvalue weighted by Gasteiger charge is 2.15. The fourth-order valence-corrected chi connectivity index (χ4v) is 2.68. The van der Waals surface area contributed by atoms with E-state index in [1.54, 1.807) is 12.1 Å². The van der Waals surface area contributed by atoms with E-state index in [0.717, 1.165) is 29.6 Å². The van der Waals surface area contributed by atoms with E-state index in [9.17, 15) is 4.39 Å². The first kappa shape index (κ1) is 13.8. The normalized spacial score (nSPS) is 12.7. The van der Waals surface area contributed by atoms with Gasteiger partial charge < -0.3 is 10.7 Å². The summed E-state index contributed by atoms with van der Waals surface area (Å²) in [6.07, 6.45) is 1.75. The number of fused-ring (bicyclic) bond motifs is 1. The van der Waals surface area contributed by atoms with Crippen LogP contribution < -0.4 is 5.73 Å². The summed E-state index contributed by atoms with van der Waals surface area (Å²) in [5.41, 5.74) is 10.5. The summed E-state index contributed by atoms with van der Waals surface area (Å²) in [7, 11) is 0. The standard InChI is InChI=1S/C18H19FN2/c1-2-14(20)11-16-15-5-3-4-6-17(15)21-18(16)12-7-9-13(19)10-8-12/h3-10,14,21H,2,11,20H2,1H3. The zero-order valence-corrected chi connectivity index (χ0v) is 12.1. The molecular weight excluding hydrogens is 263 g/mol. The SMILES string of the molecule is CCC(N)Cc1c(-c2ccc(F)cc2)[nH]c2ccccc12. The van der Waals surface area contributed by atoms with Gasteiger partial charge >= 0.3 is 0 Å². The summed E-state index contributed by atoms with van der Waals surface area (Å²) in [5, 5.41) is 1.20. The van der Waals surface area contributed by atoms with Gasteiger partial charge in [-0.05, 0) is 54.3 Å². The van der Waals surface area contributed by atoms with E-state index < -0.39 is 0 Å². The van der Waals surface area contributed by atoms with Gasteiger partial charge in [-0.3, -0.25) is 0 Å². The molecule has 3 aromatic rings. The first-order chi connectivity index (χ1) is 10.2. The number of H-pyrrole nitrogens is 1. The maximum Gasteiger partial charge on any atom is 0.123 e. The molecule has 0 saturated carbocycles. The van der Waals surface area contributed by atoms with Crippen LogP contribution in [0.3, 0.4) is 0 Å². The van der Waals surface area contributed by atoms with Gasteiger partial charge in [-0.15, -0.1) is 0 Å². The lowest BCUT2D eigenvalue weighted by Gasteiger charge is -2.10. The van der Waals surface area contributed by atoms with E-state index in [2.05, 4.69) is 24.0 Å². The van der Waals surface area contributed by atoms with Gasteiger partial charge in [0.15, 0.2) is 0 Å². The lowest BCUT2D eigenvalue weighted by molar-refractivity contribution is 0.628. The number of nitrogens with one attached hydrogen (secondary N) is 1. The van der Waals surface area contributed by atoms with Crippen LogP contribution in [-0.4, -0.2) is 11.0 Å². The molecule has 0 fully saturated rings. The van der Waals surface area contributed by atoms with Crippen molar-refractivity contribution in [3.8, 4) is 11.3 Å². The van der Waals surface area contributed by atoms with E-state index in [-0.39, 0.29) is 11.9 Å². The van der Waals surface area contributed by atoms with Crippen LogP contribution in [0, 0.1) is 5.82 Å². The Morgan fingerprint density at radius 2 is 1.81 bits per heavy atom. The molecule has 0 radical (unpaired) electrons. The minimum atomic E-state index is -0.221. The molecule has 1 atom stereocenters. The van der Waals surface area contributed by atoms with Gasteiger partial charge in [0.05, 0.1) is 0 Å². The Morgan fingerprint density at radius 1 is 1.10 bits per heavy atom. The average molecular weight is 282 g/mol. The monoisotopic (exact) mass is 282 g/mol. The maximum absolute atomic E-state index is 13.1. The van der Waals surface area contributed by atoms with Crippen LogP contribution in [0.25, 0.3) is 22.2 Å². The minimum Gasteiger partial charge on any atom is -0.354 e. The smallest absolute Gasteiger partial charge is 0.123 e. The average Bonchev–Trinajstić information content (AvgIpc) is 2.87. The van der Waals surface area contributed by atoms with Crippen molar-refractivity contribution in [2.75, 3.05) is 0 Å². The maximum atomic E-state index is 13.1. The fourth-order valence-electron chi connectivity index (χ4n) is 2.68. The van der Waals surface area contributed by atoms with Gasteiger partial charge in [0.2, 0.25) is 0 Å². The Morgan fingerprint density at radius 3 is 2.52 bits per heavy atom. The molecule has 1 unspecified atom stereocenters. The fraction of sp³-hybridized carbons (Fsp3) is 0.222. The second-order valence-corrected chi connectivity index (χ2v) is 5.40. The third-order valence-corrected chi connectivity index (χ3v) is 3.94. The van der Waals surface area contributed by atoms with Crippen molar-refractivity contribution in [2.24, 2.45) is 5.73 Å². The van der Waals surface area contributed by atoms with E-state index in [1.165, 1.54) is 23.1 Å². The predicted molar refractivity (Wildman–Crippen MR) is 85.7 cm³/mol. The van der Waals surface area contributed by atoms with Crippen LogP contribution in [-0.2, 0) is 6.42 Å². The number of rotatable bonds is 4.